The summed E-state index contributed by atoms with van der Waals surface area (Å²) in [6.45, 7) is 3.19. The number of nitrogens with two attached hydrogens (primary N) is 1. The van der Waals surface area contributed by atoms with E-state index in [0.717, 1.165) is 25.2 Å². The number of rotatable bonds is 5. The number of imidazole rings is 1. The SMILES string of the molecule is CCCn1ccnc1CC(N)c1cc2sccc2s1. The maximum atomic E-state index is 6.34. The van der Waals surface area contributed by atoms with Gasteiger partial charge < -0.3 is 10.3 Å². The van der Waals surface area contributed by atoms with E-state index in [4.69, 9.17) is 5.73 Å². The Morgan fingerprint density at radius 3 is 3.11 bits per heavy atom. The van der Waals surface area contributed by atoms with Crippen molar-refractivity contribution in [3.05, 3.63) is 40.6 Å². The number of fused-ring (bicyclic) bond motifs is 1. The van der Waals surface area contributed by atoms with Gasteiger partial charge in [0.2, 0.25) is 0 Å². The van der Waals surface area contributed by atoms with Gasteiger partial charge in [0.15, 0.2) is 0 Å². The van der Waals surface area contributed by atoms with E-state index in [2.05, 4.69) is 34.0 Å². The predicted octanol–water partition coefficient (Wildman–Crippen LogP) is 3.81. The van der Waals surface area contributed by atoms with E-state index < -0.39 is 0 Å². The molecule has 0 amide bonds. The van der Waals surface area contributed by atoms with Crippen LogP contribution in [0.4, 0.5) is 0 Å². The Balaban J connectivity index is 1.78. The molecule has 0 spiro atoms. The smallest absolute Gasteiger partial charge is 0.110 e. The summed E-state index contributed by atoms with van der Waals surface area (Å²) in [6.07, 6.45) is 5.83. The van der Waals surface area contributed by atoms with Crippen LogP contribution in [0.2, 0.25) is 0 Å². The molecule has 3 nitrogen and oxygen atoms in total. The largest absolute Gasteiger partial charge is 0.335 e. The fraction of sp³-hybridized carbons (Fsp3) is 0.357. The lowest BCUT2D eigenvalue weighted by atomic mass is 10.2. The molecule has 3 rings (SSSR count). The van der Waals surface area contributed by atoms with Gasteiger partial charge in [-0.1, -0.05) is 6.92 Å². The third-order valence-electron chi connectivity index (χ3n) is 3.19. The van der Waals surface area contributed by atoms with E-state index in [0.29, 0.717) is 0 Å². The van der Waals surface area contributed by atoms with Crippen LogP contribution in [0.25, 0.3) is 9.40 Å². The minimum atomic E-state index is 0.0441. The number of hydrogen-bond acceptors (Lipinski definition) is 4. The predicted molar refractivity (Wildman–Crippen MR) is 82.9 cm³/mol. The van der Waals surface area contributed by atoms with Gasteiger partial charge in [-0.3, -0.25) is 0 Å². The van der Waals surface area contributed by atoms with E-state index in [1.54, 1.807) is 22.7 Å². The summed E-state index contributed by atoms with van der Waals surface area (Å²) >= 11 is 3.58. The third kappa shape index (κ3) is 2.59. The highest BCUT2D eigenvalue weighted by atomic mass is 32.1. The van der Waals surface area contributed by atoms with Crippen molar-refractivity contribution in [1.82, 2.24) is 9.55 Å². The van der Waals surface area contributed by atoms with Crippen molar-refractivity contribution in [1.29, 1.82) is 0 Å². The quantitative estimate of drug-likeness (QED) is 0.777. The lowest BCUT2D eigenvalue weighted by Gasteiger charge is -2.11. The molecule has 0 aliphatic carbocycles. The molecule has 1 unspecified atom stereocenters. The van der Waals surface area contributed by atoms with E-state index in [-0.39, 0.29) is 6.04 Å². The van der Waals surface area contributed by atoms with E-state index in [1.165, 1.54) is 14.3 Å². The number of thiophene rings is 2. The van der Waals surface area contributed by atoms with Crippen molar-refractivity contribution >= 4 is 32.1 Å². The first-order valence-electron chi connectivity index (χ1n) is 6.50. The molecule has 0 radical (unpaired) electrons. The molecule has 0 saturated carbocycles. The summed E-state index contributed by atoms with van der Waals surface area (Å²) in [5.74, 6) is 1.09. The van der Waals surface area contributed by atoms with Crippen molar-refractivity contribution in [3.63, 3.8) is 0 Å². The summed E-state index contributed by atoms with van der Waals surface area (Å²) in [5, 5.41) is 2.13. The highest BCUT2D eigenvalue weighted by Crippen LogP contribution is 2.33. The Morgan fingerprint density at radius 2 is 2.32 bits per heavy atom. The van der Waals surface area contributed by atoms with Crippen LogP contribution in [0, 0.1) is 0 Å². The molecule has 0 fully saturated rings. The molecule has 3 aromatic heterocycles. The molecule has 19 heavy (non-hydrogen) atoms. The van der Waals surface area contributed by atoms with Gasteiger partial charge in [-0.2, -0.15) is 0 Å². The Hall–Kier alpha value is -1.17. The lowest BCUT2D eigenvalue weighted by Crippen LogP contribution is -2.15. The number of aryl methyl sites for hydroxylation is 1. The summed E-state index contributed by atoms with van der Waals surface area (Å²) in [4.78, 5) is 5.69. The van der Waals surface area contributed by atoms with Crippen molar-refractivity contribution in [2.75, 3.05) is 0 Å². The van der Waals surface area contributed by atoms with Crippen LogP contribution in [0.3, 0.4) is 0 Å². The van der Waals surface area contributed by atoms with E-state index >= 15 is 0 Å². The molecule has 1 atom stereocenters. The Labute approximate surface area is 120 Å². The number of nitrogens with zero attached hydrogens (tertiary/aromatic N) is 2. The molecule has 100 valence electrons. The monoisotopic (exact) mass is 291 g/mol. The zero-order valence-corrected chi connectivity index (χ0v) is 12.5. The minimum Gasteiger partial charge on any atom is -0.335 e. The average molecular weight is 291 g/mol. The normalized spacial score (nSPS) is 13.2. The Kier molecular flexibility index (Phi) is 3.68. The first kappa shape index (κ1) is 12.8. The fourth-order valence-corrected chi connectivity index (χ4v) is 4.36. The second-order valence-corrected chi connectivity index (χ2v) is 6.71. The van der Waals surface area contributed by atoms with Gasteiger partial charge in [0, 0.05) is 45.7 Å². The van der Waals surface area contributed by atoms with Crippen LogP contribution in [0.15, 0.2) is 29.9 Å². The summed E-state index contributed by atoms with van der Waals surface area (Å²) < 4.78 is 4.88. The van der Waals surface area contributed by atoms with Crippen molar-refractivity contribution in [2.45, 2.75) is 32.4 Å². The fourth-order valence-electron chi connectivity index (χ4n) is 2.24. The van der Waals surface area contributed by atoms with Gasteiger partial charge in [-0.25, -0.2) is 4.98 Å². The molecule has 2 N–H and O–H groups in total. The van der Waals surface area contributed by atoms with Crippen LogP contribution < -0.4 is 5.73 Å². The van der Waals surface area contributed by atoms with Gasteiger partial charge in [-0.15, -0.1) is 22.7 Å². The van der Waals surface area contributed by atoms with E-state index in [1.807, 2.05) is 12.4 Å². The lowest BCUT2D eigenvalue weighted by molar-refractivity contribution is 0.602. The average Bonchev–Trinajstić information content (AvgIpc) is 3.04. The van der Waals surface area contributed by atoms with E-state index in [9.17, 15) is 0 Å². The maximum absolute atomic E-state index is 6.34. The highest BCUT2D eigenvalue weighted by molar-refractivity contribution is 7.26. The maximum Gasteiger partial charge on any atom is 0.110 e. The van der Waals surface area contributed by atoms with Crippen LogP contribution in [0.1, 0.15) is 30.1 Å². The molecule has 0 bridgehead atoms. The second-order valence-electron chi connectivity index (χ2n) is 4.65. The van der Waals surface area contributed by atoms with Gasteiger partial charge in [0.05, 0.1) is 0 Å². The van der Waals surface area contributed by atoms with Gasteiger partial charge in [-0.05, 0) is 23.9 Å². The molecule has 0 aliphatic rings. The third-order valence-corrected chi connectivity index (χ3v) is 5.42. The molecule has 0 saturated heterocycles. The zero-order valence-electron chi connectivity index (χ0n) is 10.9. The van der Waals surface area contributed by atoms with Crippen LogP contribution in [-0.2, 0) is 13.0 Å². The Bertz CT molecular complexity index is 636. The van der Waals surface area contributed by atoms with Gasteiger partial charge >= 0.3 is 0 Å². The molecule has 3 aromatic rings. The summed E-state index contributed by atoms with van der Waals surface area (Å²) in [6, 6.07) is 4.43. The topological polar surface area (TPSA) is 43.8 Å². The first-order valence-corrected chi connectivity index (χ1v) is 8.20. The zero-order chi connectivity index (χ0) is 13.2. The van der Waals surface area contributed by atoms with Crippen molar-refractivity contribution < 1.29 is 0 Å². The van der Waals surface area contributed by atoms with Gasteiger partial charge in [0.25, 0.3) is 0 Å². The Morgan fingerprint density at radius 1 is 1.42 bits per heavy atom. The molecule has 0 aliphatic heterocycles. The second kappa shape index (κ2) is 5.45. The molecule has 0 aromatic carbocycles. The minimum absolute atomic E-state index is 0.0441. The highest BCUT2D eigenvalue weighted by Gasteiger charge is 2.14. The first-order chi connectivity index (χ1) is 9.28. The van der Waals surface area contributed by atoms with Crippen LogP contribution in [0.5, 0.6) is 0 Å². The van der Waals surface area contributed by atoms with Crippen LogP contribution in [-0.4, -0.2) is 9.55 Å². The standard InChI is InChI=1S/C14H17N3S2/c1-2-5-17-6-4-16-14(17)8-10(15)12-9-13-11(19-12)3-7-18-13/h3-4,6-7,9-10H,2,5,8,15H2,1H3. The van der Waals surface area contributed by atoms with Crippen molar-refractivity contribution in [3.8, 4) is 0 Å². The molecular formula is C14H17N3S2. The van der Waals surface area contributed by atoms with Crippen molar-refractivity contribution in [2.24, 2.45) is 5.73 Å². The summed E-state index contributed by atoms with van der Waals surface area (Å²) in [7, 11) is 0. The van der Waals surface area contributed by atoms with Crippen LogP contribution >= 0.6 is 22.7 Å². The molecule has 3 heterocycles. The molecule has 5 heteroatoms. The number of hydrogen-bond donors (Lipinski definition) is 1. The van der Waals surface area contributed by atoms with Gasteiger partial charge in [0.1, 0.15) is 5.82 Å². The summed E-state index contributed by atoms with van der Waals surface area (Å²) in [5.41, 5.74) is 6.34. The number of aromatic nitrogens is 2. The molecular weight excluding hydrogens is 274 g/mol.